The fraction of sp³-hybridized carbons (Fsp3) is 0.200. The maximum atomic E-state index is 13.3. The molecule has 140 valence electrons. The highest BCUT2D eigenvalue weighted by molar-refractivity contribution is 6.14. The van der Waals surface area contributed by atoms with E-state index in [1.165, 1.54) is 6.08 Å². The van der Waals surface area contributed by atoms with Crippen LogP contribution in [0.5, 0.6) is 0 Å². The molecule has 2 heterocycles. The van der Waals surface area contributed by atoms with Gasteiger partial charge in [0.1, 0.15) is 5.82 Å². The van der Waals surface area contributed by atoms with E-state index in [-0.39, 0.29) is 23.5 Å². The molecule has 0 amide bonds. The normalized spacial score (nSPS) is 19.1. The first kappa shape index (κ1) is 19.0. The second-order valence-electron chi connectivity index (χ2n) is 6.36. The molecule has 0 atom stereocenters. The molecule has 0 aliphatic carbocycles. The van der Waals surface area contributed by atoms with E-state index in [0.717, 1.165) is 17.7 Å². The summed E-state index contributed by atoms with van der Waals surface area (Å²) in [6, 6.07) is 5.94. The third kappa shape index (κ3) is 4.49. The van der Waals surface area contributed by atoms with Crippen molar-refractivity contribution in [2.24, 2.45) is 0 Å². The van der Waals surface area contributed by atoms with Crippen LogP contribution in [0.2, 0.25) is 0 Å². The van der Waals surface area contributed by atoms with Crippen molar-refractivity contribution < 1.29 is 22.4 Å². The molecule has 0 spiro atoms. The molecule has 1 aliphatic rings. The summed E-state index contributed by atoms with van der Waals surface area (Å²) in [5.41, 5.74) is 0.0695. The van der Waals surface area contributed by atoms with E-state index in [2.05, 4.69) is 4.98 Å². The maximum absolute atomic E-state index is 13.3. The van der Waals surface area contributed by atoms with Crippen LogP contribution in [-0.2, 0) is 11.0 Å². The minimum atomic E-state index is -4.72. The Bertz CT molecular complexity index is 917. The molecule has 27 heavy (non-hydrogen) atoms. The van der Waals surface area contributed by atoms with Crippen molar-refractivity contribution in [3.05, 3.63) is 76.4 Å². The average Bonchev–Trinajstić information content (AvgIpc) is 2.60. The minimum absolute atomic E-state index is 0.206. The summed E-state index contributed by atoms with van der Waals surface area (Å²) in [4.78, 5) is 18.6. The van der Waals surface area contributed by atoms with Gasteiger partial charge < -0.3 is 0 Å². The van der Waals surface area contributed by atoms with Gasteiger partial charge in [-0.2, -0.15) is 13.2 Å². The van der Waals surface area contributed by atoms with Crippen LogP contribution in [-0.4, -0.2) is 35.8 Å². The van der Waals surface area contributed by atoms with Crippen molar-refractivity contribution in [2.75, 3.05) is 20.1 Å². The number of ketones is 1. The van der Waals surface area contributed by atoms with Crippen molar-refractivity contribution in [2.45, 2.75) is 6.18 Å². The summed E-state index contributed by atoms with van der Waals surface area (Å²) in [6.07, 6.45) is 1.35. The van der Waals surface area contributed by atoms with E-state index >= 15 is 0 Å². The largest absolute Gasteiger partial charge is 0.417 e. The van der Waals surface area contributed by atoms with Gasteiger partial charge in [0, 0.05) is 36.6 Å². The number of Topliss-reactive ketones (excluding diaryl/α,β-unsaturated/α-hetero) is 1. The van der Waals surface area contributed by atoms with Gasteiger partial charge in [-0.25, -0.2) is 4.39 Å². The number of pyridine rings is 1. The number of piperidine rings is 1. The smallest absolute Gasteiger partial charge is 0.298 e. The van der Waals surface area contributed by atoms with Crippen molar-refractivity contribution in [1.82, 2.24) is 9.88 Å². The van der Waals surface area contributed by atoms with Crippen LogP contribution in [0.4, 0.5) is 17.6 Å². The first-order valence-corrected chi connectivity index (χ1v) is 8.15. The first-order chi connectivity index (χ1) is 12.7. The number of alkyl halides is 3. The summed E-state index contributed by atoms with van der Waals surface area (Å²) < 4.78 is 52.9. The number of nitrogens with zero attached hydrogens (tertiary/aromatic N) is 2. The zero-order valence-electron chi connectivity index (χ0n) is 14.4. The SMILES string of the molecule is CN1CC(=Cc2cccnc2)C(=O)/C(=C/c2ccc(F)cc2C(F)(F)F)C1. The molecule has 3 nitrogen and oxygen atoms in total. The number of hydrogen-bond acceptors (Lipinski definition) is 3. The predicted molar refractivity (Wildman–Crippen MR) is 94.1 cm³/mol. The lowest BCUT2D eigenvalue weighted by Gasteiger charge is -2.26. The minimum Gasteiger partial charge on any atom is -0.298 e. The standard InChI is InChI=1S/C20H16F4N2O/c1-26-11-15(7-13-3-2-6-25-10-13)19(27)16(12-26)8-14-4-5-17(21)9-18(14)20(22,23)24/h2-10H,11-12H2,1H3/b15-7?,16-8+. The molecule has 1 aromatic carbocycles. The third-order valence-electron chi connectivity index (χ3n) is 4.14. The molecule has 0 unspecified atom stereocenters. The van der Waals surface area contributed by atoms with Crippen LogP contribution in [0.1, 0.15) is 16.7 Å². The molecule has 0 bridgehead atoms. The molecule has 0 saturated carbocycles. The Morgan fingerprint density at radius 3 is 2.44 bits per heavy atom. The van der Waals surface area contributed by atoms with Gasteiger partial charge in [0.15, 0.2) is 5.78 Å². The van der Waals surface area contributed by atoms with E-state index in [1.54, 1.807) is 37.7 Å². The Labute approximate surface area is 153 Å². The van der Waals surface area contributed by atoms with Crippen LogP contribution in [0.25, 0.3) is 12.2 Å². The molecule has 0 N–H and O–H groups in total. The van der Waals surface area contributed by atoms with E-state index < -0.39 is 17.6 Å². The fourth-order valence-electron chi connectivity index (χ4n) is 2.96. The summed E-state index contributed by atoms with van der Waals surface area (Å²) in [6.45, 7) is 0.582. The summed E-state index contributed by atoms with van der Waals surface area (Å²) in [7, 11) is 1.77. The molecule has 1 aliphatic heterocycles. The summed E-state index contributed by atoms with van der Waals surface area (Å²) in [5.74, 6) is -1.30. The zero-order valence-corrected chi connectivity index (χ0v) is 14.4. The Hall–Kier alpha value is -2.80. The molecule has 0 radical (unpaired) electrons. The Morgan fingerprint density at radius 2 is 1.81 bits per heavy atom. The van der Waals surface area contributed by atoms with Crippen LogP contribution in [0.3, 0.4) is 0 Å². The molecule has 1 saturated heterocycles. The van der Waals surface area contributed by atoms with Gasteiger partial charge in [0.2, 0.25) is 0 Å². The molecular formula is C20H16F4N2O. The quantitative estimate of drug-likeness (QED) is 0.581. The number of likely N-dealkylation sites (N-methyl/N-ethyl adjacent to an activating group) is 1. The lowest BCUT2D eigenvalue weighted by molar-refractivity contribution is -0.138. The molecule has 1 aromatic heterocycles. The van der Waals surface area contributed by atoms with Crippen molar-refractivity contribution in [3.8, 4) is 0 Å². The second kappa shape index (κ2) is 7.44. The van der Waals surface area contributed by atoms with Crippen LogP contribution >= 0.6 is 0 Å². The number of aromatic nitrogens is 1. The van der Waals surface area contributed by atoms with Gasteiger partial charge in [-0.3, -0.25) is 14.7 Å². The van der Waals surface area contributed by atoms with Crippen LogP contribution in [0.15, 0.2) is 53.9 Å². The highest BCUT2D eigenvalue weighted by atomic mass is 19.4. The molecule has 1 fully saturated rings. The predicted octanol–water partition coefficient (Wildman–Crippen LogP) is 4.22. The number of hydrogen-bond donors (Lipinski definition) is 0. The van der Waals surface area contributed by atoms with Gasteiger partial charge in [0.05, 0.1) is 5.56 Å². The van der Waals surface area contributed by atoms with Gasteiger partial charge in [-0.1, -0.05) is 12.1 Å². The van der Waals surface area contributed by atoms with Gasteiger partial charge in [-0.05, 0) is 48.5 Å². The third-order valence-corrected chi connectivity index (χ3v) is 4.14. The summed E-state index contributed by atoms with van der Waals surface area (Å²) >= 11 is 0. The number of benzene rings is 1. The van der Waals surface area contributed by atoms with E-state index in [9.17, 15) is 22.4 Å². The first-order valence-electron chi connectivity index (χ1n) is 8.15. The Morgan fingerprint density at radius 1 is 1.11 bits per heavy atom. The van der Waals surface area contributed by atoms with Crippen molar-refractivity contribution in [3.63, 3.8) is 0 Å². The van der Waals surface area contributed by atoms with Gasteiger partial charge in [0.25, 0.3) is 0 Å². The lowest BCUT2D eigenvalue weighted by Crippen LogP contribution is -2.34. The van der Waals surface area contributed by atoms with Crippen molar-refractivity contribution >= 4 is 17.9 Å². The molecule has 7 heteroatoms. The average molecular weight is 376 g/mol. The molecule has 2 aromatic rings. The molecular weight excluding hydrogens is 360 g/mol. The number of carbonyl (C=O) groups excluding carboxylic acids is 1. The van der Waals surface area contributed by atoms with E-state index in [4.69, 9.17) is 0 Å². The maximum Gasteiger partial charge on any atom is 0.417 e. The van der Waals surface area contributed by atoms with E-state index in [1.807, 2.05) is 4.90 Å². The Kier molecular flexibility index (Phi) is 5.23. The van der Waals surface area contributed by atoms with Gasteiger partial charge >= 0.3 is 6.18 Å². The number of carbonyl (C=O) groups is 1. The van der Waals surface area contributed by atoms with Crippen LogP contribution < -0.4 is 0 Å². The van der Waals surface area contributed by atoms with Crippen molar-refractivity contribution in [1.29, 1.82) is 0 Å². The van der Waals surface area contributed by atoms with Gasteiger partial charge in [-0.15, -0.1) is 0 Å². The Balaban J connectivity index is 2.02. The number of halogens is 4. The molecule has 3 rings (SSSR count). The number of rotatable bonds is 2. The van der Waals surface area contributed by atoms with E-state index in [0.29, 0.717) is 18.2 Å². The highest BCUT2D eigenvalue weighted by Crippen LogP contribution is 2.34. The van der Waals surface area contributed by atoms with Crippen LogP contribution in [0, 0.1) is 5.82 Å². The summed E-state index contributed by atoms with van der Waals surface area (Å²) in [5, 5.41) is 0. The second-order valence-corrected chi connectivity index (χ2v) is 6.36. The topological polar surface area (TPSA) is 33.2 Å². The fourth-order valence-corrected chi connectivity index (χ4v) is 2.96. The highest BCUT2D eigenvalue weighted by Gasteiger charge is 2.34. The number of likely N-dealkylation sites (tertiary alicyclic amines) is 1. The monoisotopic (exact) mass is 376 g/mol. The zero-order chi connectivity index (χ0) is 19.6. The lowest BCUT2D eigenvalue weighted by atomic mass is 9.93.